The molecule has 1 aromatic heterocycles. The van der Waals surface area contributed by atoms with E-state index in [9.17, 15) is 13.2 Å². The van der Waals surface area contributed by atoms with E-state index in [1.807, 2.05) is 6.07 Å². The molecule has 0 saturated heterocycles. The molecule has 2 aromatic carbocycles. The van der Waals surface area contributed by atoms with E-state index in [0.29, 0.717) is 16.9 Å². The maximum Gasteiger partial charge on any atom is 0.251 e. The van der Waals surface area contributed by atoms with Gasteiger partial charge in [-0.3, -0.25) is 9.78 Å². The van der Waals surface area contributed by atoms with E-state index in [1.54, 1.807) is 48.7 Å². The number of pyridine rings is 1. The van der Waals surface area contributed by atoms with E-state index < -0.39 is 15.1 Å². The molecule has 0 saturated carbocycles. The van der Waals surface area contributed by atoms with Crippen LogP contribution >= 0.6 is 15.9 Å². The summed E-state index contributed by atoms with van der Waals surface area (Å²) in [5.74, 6) is 0.204. The fourth-order valence-electron chi connectivity index (χ4n) is 2.82. The topological polar surface area (TPSA) is 85.4 Å². The molecule has 150 valence electrons. The van der Waals surface area contributed by atoms with Gasteiger partial charge in [-0.25, -0.2) is 8.42 Å². The van der Waals surface area contributed by atoms with Crippen molar-refractivity contribution >= 4 is 31.7 Å². The lowest BCUT2D eigenvalue weighted by molar-refractivity contribution is 0.0953. The van der Waals surface area contributed by atoms with E-state index >= 15 is 0 Å². The van der Waals surface area contributed by atoms with Crippen molar-refractivity contribution in [3.05, 3.63) is 88.7 Å². The number of hydrogen-bond acceptors (Lipinski definition) is 5. The van der Waals surface area contributed by atoms with Gasteiger partial charge in [0.2, 0.25) is 0 Å². The normalized spacial score (nSPS) is 12.2. The number of nitrogens with one attached hydrogen (secondary N) is 1. The fourth-order valence-corrected chi connectivity index (χ4v) is 4.86. The van der Waals surface area contributed by atoms with Gasteiger partial charge in [0.05, 0.1) is 12.0 Å². The SMILES string of the molecule is COc1ccc(S(=O)(=O)[C@@H](CNC(=O)c2cccc(Br)c2)c2cccnc2)cc1. The molecule has 3 aromatic rings. The van der Waals surface area contributed by atoms with Gasteiger partial charge in [-0.15, -0.1) is 0 Å². The van der Waals surface area contributed by atoms with Crippen LogP contribution in [0.5, 0.6) is 5.75 Å². The van der Waals surface area contributed by atoms with Crippen LogP contribution in [0, 0.1) is 0 Å². The summed E-state index contributed by atoms with van der Waals surface area (Å²) in [6.07, 6.45) is 3.07. The first-order valence-corrected chi connectivity index (χ1v) is 11.1. The van der Waals surface area contributed by atoms with Crippen LogP contribution in [-0.2, 0) is 9.84 Å². The van der Waals surface area contributed by atoms with Crippen LogP contribution in [0.4, 0.5) is 0 Å². The Kier molecular flexibility index (Phi) is 6.66. The van der Waals surface area contributed by atoms with Crippen molar-refractivity contribution in [2.45, 2.75) is 10.1 Å². The molecule has 0 aliphatic rings. The van der Waals surface area contributed by atoms with Gasteiger partial charge in [-0.2, -0.15) is 0 Å². The molecule has 0 radical (unpaired) electrons. The van der Waals surface area contributed by atoms with Crippen LogP contribution in [0.1, 0.15) is 21.2 Å². The molecular formula is C21H19BrN2O4S. The predicted molar refractivity (Wildman–Crippen MR) is 114 cm³/mol. The van der Waals surface area contributed by atoms with Crippen molar-refractivity contribution in [2.75, 3.05) is 13.7 Å². The van der Waals surface area contributed by atoms with Gasteiger partial charge in [-0.1, -0.05) is 28.1 Å². The van der Waals surface area contributed by atoms with Crippen molar-refractivity contribution < 1.29 is 17.9 Å². The van der Waals surface area contributed by atoms with Gasteiger partial charge < -0.3 is 10.1 Å². The molecule has 3 rings (SSSR count). The molecule has 0 unspecified atom stereocenters. The summed E-state index contributed by atoms with van der Waals surface area (Å²) in [7, 11) is -2.27. The van der Waals surface area contributed by atoms with Crippen LogP contribution in [0.15, 0.2) is 82.4 Å². The number of carbonyl (C=O) groups is 1. The standard InChI is InChI=1S/C21H19BrN2O4S/c1-28-18-7-9-19(10-8-18)29(26,27)20(16-5-3-11-23-13-16)14-24-21(25)15-4-2-6-17(22)12-15/h2-13,20H,14H2,1H3,(H,24,25)/t20-/m0/s1. The van der Waals surface area contributed by atoms with E-state index in [-0.39, 0.29) is 17.3 Å². The van der Waals surface area contributed by atoms with Crippen LogP contribution in [0.3, 0.4) is 0 Å². The van der Waals surface area contributed by atoms with Crippen LogP contribution in [-0.4, -0.2) is 33.0 Å². The summed E-state index contributed by atoms with van der Waals surface area (Å²) in [4.78, 5) is 16.7. The summed E-state index contributed by atoms with van der Waals surface area (Å²) in [5.41, 5.74) is 0.934. The largest absolute Gasteiger partial charge is 0.497 e. The Morgan fingerprint density at radius 2 is 1.90 bits per heavy atom. The zero-order valence-electron chi connectivity index (χ0n) is 15.6. The maximum absolute atomic E-state index is 13.3. The minimum absolute atomic E-state index is 0.0919. The molecule has 0 bridgehead atoms. The Morgan fingerprint density at radius 1 is 1.14 bits per heavy atom. The average molecular weight is 475 g/mol. The lowest BCUT2D eigenvalue weighted by atomic mass is 10.2. The number of ether oxygens (including phenoxy) is 1. The number of hydrogen-bond donors (Lipinski definition) is 1. The second kappa shape index (κ2) is 9.19. The van der Waals surface area contributed by atoms with Crippen molar-refractivity contribution in [1.82, 2.24) is 10.3 Å². The summed E-state index contributed by atoms with van der Waals surface area (Å²) in [6.45, 7) is -0.0919. The first-order chi connectivity index (χ1) is 13.9. The number of methoxy groups -OCH3 is 1. The number of rotatable bonds is 7. The molecule has 0 aliphatic heterocycles. The lowest BCUT2D eigenvalue weighted by Crippen LogP contribution is -2.32. The number of halogens is 1. The first kappa shape index (κ1) is 21.0. The second-order valence-electron chi connectivity index (χ2n) is 6.22. The third-order valence-electron chi connectivity index (χ3n) is 4.35. The number of carbonyl (C=O) groups excluding carboxylic acids is 1. The number of aromatic nitrogens is 1. The average Bonchev–Trinajstić information content (AvgIpc) is 2.74. The van der Waals surface area contributed by atoms with Gasteiger partial charge in [-0.05, 0) is 54.1 Å². The van der Waals surface area contributed by atoms with Gasteiger partial charge in [0.15, 0.2) is 9.84 Å². The Hall–Kier alpha value is -2.71. The highest BCUT2D eigenvalue weighted by atomic mass is 79.9. The number of benzene rings is 2. The summed E-state index contributed by atoms with van der Waals surface area (Å²) >= 11 is 3.33. The minimum Gasteiger partial charge on any atom is -0.497 e. The Bertz CT molecular complexity index is 1090. The molecule has 1 atom stereocenters. The predicted octanol–water partition coefficient (Wildman–Crippen LogP) is 3.80. The third kappa shape index (κ3) is 5.02. The molecule has 1 amide bonds. The Balaban J connectivity index is 1.89. The van der Waals surface area contributed by atoms with Gasteiger partial charge in [0, 0.05) is 29.0 Å². The molecule has 0 fully saturated rings. The maximum atomic E-state index is 13.3. The van der Waals surface area contributed by atoms with Crippen molar-refractivity contribution in [2.24, 2.45) is 0 Å². The Labute approximate surface area is 178 Å². The highest BCUT2D eigenvalue weighted by molar-refractivity contribution is 9.10. The number of sulfone groups is 1. The van der Waals surface area contributed by atoms with Crippen LogP contribution in [0.25, 0.3) is 0 Å². The molecule has 6 nitrogen and oxygen atoms in total. The van der Waals surface area contributed by atoms with Gasteiger partial charge >= 0.3 is 0 Å². The fraction of sp³-hybridized carbons (Fsp3) is 0.143. The zero-order chi connectivity index (χ0) is 20.9. The smallest absolute Gasteiger partial charge is 0.251 e. The summed E-state index contributed by atoms with van der Waals surface area (Å²) in [6, 6.07) is 16.4. The minimum atomic E-state index is -3.78. The molecule has 0 spiro atoms. The quantitative estimate of drug-likeness (QED) is 0.562. The second-order valence-corrected chi connectivity index (χ2v) is 9.26. The van der Waals surface area contributed by atoms with Gasteiger partial charge in [0.1, 0.15) is 11.0 Å². The van der Waals surface area contributed by atoms with Crippen molar-refractivity contribution in [3.8, 4) is 5.75 Å². The zero-order valence-corrected chi connectivity index (χ0v) is 18.0. The molecule has 0 aliphatic carbocycles. The first-order valence-electron chi connectivity index (χ1n) is 8.73. The van der Waals surface area contributed by atoms with E-state index in [1.165, 1.54) is 25.4 Å². The molecular weight excluding hydrogens is 456 g/mol. The van der Waals surface area contributed by atoms with Crippen molar-refractivity contribution in [3.63, 3.8) is 0 Å². The monoisotopic (exact) mass is 474 g/mol. The lowest BCUT2D eigenvalue weighted by Gasteiger charge is -2.19. The highest BCUT2D eigenvalue weighted by Crippen LogP contribution is 2.29. The van der Waals surface area contributed by atoms with Gasteiger partial charge in [0.25, 0.3) is 5.91 Å². The van der Waals surface area contributed by atoms with Crippen molar-refractivity contribution in [1.29, 1.82) is 0 Å². The third-order valence-corrected chi connectivity index (χ3v) is 6.96. The molecule has 8 heteroatoms. The number of nitrogens with zero attached hydrogens (tertiary/aromatic N) is 1. The number of amides is 1. The van der Waals surface area contributed by atoms with E-state index in [4.69, 9.17) is 4.74 Å². The molecule has 1 N–H and O–H groups in total. The van der Waals surface area contributed by atoms with E-state index in [2.05, 4.69) is 26.2 Å². The molecule has 1 heterocycles. The van der Waals surface area contributed by atoms with Crippen LogP contribution < -0.4 is 10.1 Å². The molecule has 29 heavy (non-hydrogen) atoms. The summed E-state index contributed by atoms with van der Waals surface area (Å²) in [5, 5.41) is 1.75. The highest BCUT2D eigenvalue weighted by Gasteiger charge is 2.30. The van der Waals surface area contributed by atoms with Crippen LogP contribution in [0.2, 0.25) is 0 Å². The summed E-state index contributed by atoms with van der Waals surface area (Å²) < 4.78 is 32.5. The Morgan fingerprint density at radius 3 is 2.52 bits per heavy atom. The van der Waals surface area contributed by atoms with E-state index in [0.717, 1.165) is 4.47 Å².